The largest absolute Gasteiger partial charge is 0.395 e. The molecule has 0 bridgehead atoms. The standard InChI is InChI=1S/C15H26N4OS.HI/c1-2-16-15(17-7-10-20)18-12-13(14-6-5-11-21-14)19-8-3-4-9-19;/h5-6,11,13,20H,2-4,7-10,12H2,1H3,(H2,16,17,18);1H. The average molecular weight is 438 g/mol. The van der Waals surface area contributed by atoms with E-state index < -0.39 is 0 Å². The van der Waals surface area contributed by atoms with Crippen LogP contribution in [0.15, 0.2) is 22.5 Å². The Kier molecular flexibility index (Phi) is 10.0. The lowest BCUT2D eigenvalue weighted by Crippen LogP contribution is -2.39. The first-order chi connectivity index (χ1) is 10.3. The predicted molar refractivity (Wildman–Crippen MR) is 104 cm³/mol. The van der Waals surface area contributed by atoms with Crippen LogP contribution in [-0.2, 0) is 0 Å². The van der Waals surface area contributed by atoms with Crippen molar-refractivity contribution in [3.63, 3.8) is 0 Å². The van der Waals surface area contributed by atoms with Crippen LogP contribution >= 0.6 is 35.3 Å². The molecule has 7 heteroatoms. The van der Waals surface area contributed by atoms with E-state index in [0.717, 1.165) is 19.0 Å². The molecule has 22 heavy (non-hydrogen) atoms. The second-order valence-electron chi connectivity index (χ2n) is 5.14. The summed E-state index contributed by atoms with van der Waals surface area (Å²) in [6.45, 7) is 6.60. The average Bonchev–Trinajstić information content (AvgIpc) is 3.18. The van der Waals surface area contributed by atoms with E-state index in [1.165, 1.54) is 30.8 Å². The maximum atomic E-state index is 8.93. The molecular weight excluding hydrogens is 411 g/mol. The minimum atomic E-state index is 0. The number of halogens is 1. The Morgan fingerprint density at radius 3 is 2.77 bits per heavy atom. The van der Waals surface area contributed by atoms with Gasteiger partial charge in [0.15, 0.2) is 5.96 Å². The molecule has 1 unspecified atom stereocenters. The lowest BCUT2D eigenvalue weighted by atomic mass is 10.2. The van der Waals surface area contributed by atoms with Gasteiger partial charge in [0.2, 0.25) is 0 Å². The molecule has 0 aromatic carbocycles. The van der Waals surface area contributed by atoms with Gasteiger partial charge in [-0.3, -0.25) is 9.89 Å². The third-order valence-corrected chi connectivity index (χ3v) is 4.60. The summed E-state index contributed by atoms with van der Waals surface area (Å²) in [4.78, 5) is 8.62. The van der Waals surface area contributed by atoms with Crippen molar-refractivity contribution in [1.29, 1.82) is 0 Å². The molecule has 1 saturated heterocycles. The van der Waals surface area contributed by atoms with E-state index in [2.05, 4.69) is 33.0 Å². The molecule has 1 aromatic heterocycles. The molecule has 0 saturated carbocycles. The van der Waals surface area contributed by atoms with Gasteiger partial charge >= 0.3 is 0 Å². The summed E-state index contributed by atoms with van der Waals surface area (Å²) in [5.41, 5.74) is 0. The Balaban J connectivity index is 0.00000242. The molecule has 1 atom stereocenters. The van der Waals surface area contributed by atoms with Crippen LogP contribution in [-0.4, -0.2) is 55.3 Å². The fourth-order valence-electron chi connectivity index (χ4n) is 2.61. The van der Waals surface area contributed by atoms with Crippen LogP contribution < -0.4 is 10.6 Å². The SMILES string of the molecule is CCNC(=NCC(c1cccs1)N1CCCC1)NCCO.I. The van der Waals surface area contributed by atoms with E-state index in [1.807, 2.05) is 18.3 Å². The summed E-state index contributed by atoms with van der Waals surface area (Å²) >= 11 is 1.81. The first-order valence-electron chi connectivity index (χ1n) is 7.75. The van der Waals surface area contributed by atoms with E-state index in [9.17, 15) is 0 Å². The molecule has 2 rings (SSSR count). The van der Waals surface area contributed by atoms with Gasteiger partial charge in [-0.2, -0.15) is 0 Å². The van der Waals surface area contributed by atoms with Crippen molar-refractivity contribution in [2.75, 3.05) is 39.3 Å². The molecule has 126 valence electrons. The topological polar surface area (TPSA) is 59.9 Å². The van der Waals surface area contributed by atoms with Crippen molar-refractivity contribution in [3.05, 3.63) is 22.4 Å². The number of aliphatic imine (C=N–C) groups is 1. The van der Waals surface area contributed by atoms with Gasteiger partial charge in [-0.15, -0.1) is 35.3 Å². The first kappa shape index (κ1) is 19.7. The van der Waals surface area contributed by atoms with Gasteiger partial charge in [-0.25, -0.2) is 0 Å². The zero-order chi connectivity index (χ0) is 14.9. The summed E-state index contributed by atoms with van der Waals surface area (Å²) in [7, 11) is 0. The van der Waals surface area contributed by atoms with Crippen LogP contribution in [0.25, 0.3) is 0 Å². The number of nitrogens with zero attached hydrogens (tertiary/aromatic N) is 2. The highest BCUT2D eigenvalue weighted by molar-refractivity contribution is 14.0. The molecule has 0 amide bonds. The number of likely N-dealkylation sites (tertiary alicyclic amines) is 1. The Morgan fingerprint density at radius 2 is 2.18 bits per heavy atom. The highest BCUT2D eigenvalue weighted by Gasteiger charge is 2.24. The molecule has 1 fully saturated rings. The van der Waals surface area contributed by atoms with Crippen molar-refractivity contribution in [3.8, 4) is 0 Å². The molecule has 1 aliphatic rings. The van der Waals surface area contributed by atoms with Crippen molar-refractivity contribution in [2.45, 2.75) is 25.8 Å². The third kappa shape index (κ3) is 6.02. The summed E-state index contributed by atoms with van der Waals surface area (Å²) in [6, 6.07) is 4.69. The lowest BCUT2D eigenvalue weighted by molar-refractivity contribution is 0.255. The lowest BCUT2D eigenvalue weighted by Gasteiger charge is -2.25. The number of rotatable bonds is 7. The quantitative estimate of drug-likeness (QED) is 0.347. The molecule has 2 heterocycles. The van der Waals surface area contributed by atoms with E-state index in [4.69, 9.17) is 10.1 Å². The second kappa shape index (κ2) is 11.2. The van der Waals surface area contributed by atoms with E-state index in [1.54, 1.807) is 0 Å². The second-order valence-corrected chi connectivity index (χ2v) is 6.12. The van der Waals surface area contributed by atoms with Crippen molar-refractivity contribution >= 4 is 41.3 Å². The van der Waals surface area contributed by atoms with E-state index in [0.29, 0.717) is 12.6 Å². The number of aliphatic hydroxyl groups excluding tert-OH is 1. The van der Waals surface area contributed by atoms with Crippen molar-refractivity contribution in [1.82, 2.24) is 15.5 Å². The van der Waals surface area contributed by atoms with Gasteiger partial charge < -0.3 is 15.7 Å². The Bertz CT molecular complexity index is 421. The fourth-order valence-corrected chi connectivity index (χ4v) is 3.47. The Morgan fingerprint density at radius 1 is 1.41 bits per heavy atom. The van der Waals surface area contributed by atoms with Crippen molar-refractivity contribution in [2.24, 2.45) is 4.99 Å². The van der Waals surface area contributed by atoms with Crippen LogP contribution in [0.3, 0.4) is 0 Å². The maximum absolute atomic E-state index is 8.93. The van der Waals surface area contributed by atoms with Crippen molar-refractivity contribution < 1.29 is 5.11 Å². The summed E-state index contributed by atoms with van der Waals surface area (Å²) in [5.74, 6) is 0.785. The number of aliphatic hydroxyl groups is 1. The van der Waals surface area contributed by atoms with Gasteiger partial charge in [-0.05, 0) is 44.3 Å². The van der Waals surface area contributed by atoms with Gasteiger partial charge in [0.25, 0.3) is 0 Å². The van der Waals surface area contributed by atoms with Gasteiger partial charge in [-0.1, -0.05) is 6.07 Å². The van der Waals surface area contributed by atoms with Crippen LogP contribution in [0.1, 0.15) is 30.7 Å². The van der Waals surface area contributed by atoms with Crippen LogP contribution in [0.2, 0.25) is 0 Å². The fraction of sp³-hybridized carbons (Fsp3) is 0.667. The summed E-state index contributed by atoms with van der Waals surface area (Å²) in [5, 5.41) is 17.4. The molecule has 5 nitrogen and oxygen atoms in total. The molecule has 1 aromatic rings. The Labute approximate surface area is 154 Å². The number of guanidine groups is 1. The van der Waals surface area contributed by atoms with Crippen LogP contribution in [0, 0.1) is 0 Å². The smallest absolute Gasteiger partial charge is 0.191 e. The molecule has 0 aliphatic carbocycles. The number of thiophene rings is 1. The zero-order valence-corrected chi connectivity index (χ0v) is 16.3. The first-order valence-corrected chi connectivity index (χ1v) is 8.63. The van der Waals surface area contributed by atoms with Crippen LogP contribution in [0.4, 0.5) is 0 Å². The van der Waals surface area contributed by atoms with Gasteiger partial charge in [0.1, 0.15) is 0 Å². The number of hydrogen-bond donors (Lipinski definition) is 3. The summed E-state index contributed by atoms with van der Waals surface area (Å²) < 4.78 is 0. The molecule has 0 radical (unpaired) electrons. The van der Waals surface area contributed by atoms with Crippen LogP contribution in [0.5, 0.6) is 0 Å². The summed E-state index contributed by atoms with van der Waals surface area (Å²) in [6.07, 6.45) is 2.57. The molecule has 1 aliphatic heterocycles. The van der Waals surface area contributed by atoms with E-state index in [-0.39, 0.29) is 30.6 Å². The Hall–Kier alpha value is -0.380. The van der Waals surface area contributed by atoms with E-state index >= 15 is 0 Å². The molecular formula is C15H27IN4OS. The highest BCUT2D eigenvalue weighted by atomic mass is 127. The predicted octanol–water partition coefficient (Wildman–Crippen LogP) is 2.05. The minimum absolute atomic E-state index is 0. The van der Waals surface area contributed by atoms with Gasteiger partial charge in [0.05, 0.1) is 19.2 Å². The highest BCUT2D eigenvalue weighted by Crippen LogP contribution is 2.28. The molecule has 0 spiro atoms. The zero-order valence-electron chi connectivity index (χ0n) is 13.1. The maximum Gasteiger partial charge on any atom is 0.191 e. The number of nitrogens with one attached hydrogen (secondary N) is 2. The monoisotopic (exact) mass is 438 g/mol. The van der Waals surface area contributed by atoms with Gasteiger partial charge in [0, 0.05) is 18.0 Å². The minimum Gasteiger partial charge on any atom is -0.395 e. The number of hydrogen-bond acceptors (Lipinski definition) is 4. The molecule has 3 N–H and O–H groups in total. The third-order valence-electron chi connectivity index (χ3n) is 3.62. The normalized spacial score (nSPS) is 17.1.